The number of quaternary nitrogens is 1. The van der Waals surface area contributed by atoms with Crippen LogP contribution in [-0.2, 0) is 28.0 Å². The highest BCUT2D eigenvalue weighted by atomic mass is 32.2. The van der Waals surface area contributed by atoms with E-state index < -0.39 is 44.6 Å². The lowest BCUT2D eigenvalue weighted by atomic mass is 9.98. The highest BCUT2D eigenvalue weighted by Gasteiger charge is 2.64. The molecule has 0 bridgehead atoms. The molecule has 2 unspecified atom stereocenters. The molecule has 24 heavy (non-hydrogen) atoms. The molecule has 0 saturated carbocycles. The Balaban J connectivity index is 2.34. The van der Waals surface area contributed by atoms with Crippen molar-refractivity contribution in [2.24, 2.45) is 0 Å². The quantitative estimate of drug-likeness (QED) is 0.814. The zero-order chi connectivity index (χ0) is 18.3. The first-order chi connectivity index (χ1) is 10.9. The number of benzene rings is 1. The monoisotopic (exact) mass is 366 g/mol. The zero-order valence-electron chi connectivity index (χ0n) is 13.5. The summed E-state index contributed by atoms with van der Waals surface area (Å²) in [6.45, 7) is 4.89. The summed E-state index contributed by atoms with van der Waals surface area (Å²) in [7, 11) is 0. The SMILES string of the molecule is CC(C)(C)[N+]1(C(=O)O)[C@@H](Cc2ccc(C(F)(F)F)cc2)COS1=O. The molecule has 0 radical (unpaired) electrons. The zero-order valence-corrected chi connectivity index (χ0v) is 14.3. The van der Waals surface area contributed by atoms with Crippen molar-refractivity contribution in [1.82, 2.24) is 0 Å². The van der Waals surface area contributed by atoms with Gasteiger partial charge in [-0.15, -0.1) is 3.89 Å². The first-order valence-corrected chi connectivity index (χ1v) is 8.28. The van der Waals surface area contributed by atoms with Gasteiger partial charge in [0.15, 0.2) is 0 Å². The third-order valence-electron chi connectivity index (χ3n) is 4.14. The van der Waals surface area contributed by atoms with Crippen molar-refractivity contribution in [3.8, 4) is 0 Å². The molecule has 1 N–H and O–H groups in total. The lowest BCUT2D eigenvalue weighted by molar-refractivity contribution is -0.799. The van der Waals surface area contributed by atoms with E-state index in [1.165, 1.54) is 12.1 Å². The minimum Gasteiger partial charge on any atom is -0.435 e. The molecule has 134 valence electrons. The molecule has 3 atom stereocenters. The fourth-order valence-electron chi connectivity index (χ4n) is 3.01. The molecule has 0 aliphatic carbocycles. The first kappa shape index (κ1) is 18.9. The van der Waals surface area contributed by atoms with Gasteiger partial charge in [-0.1, -0.05) is 12.1 Å². The molecular formula is C15H19F3NO4S+. The summed E-state index contributed by atoms with van der Waals surface area (Å²) < 4.78 is 54.5. The van der Waals surface area contributed by atoms with Gasteiger partial charge in [-0.2, -0.15) is 22.2 Å². The Labute approximate surface area is 140 Å². The number of carbonyl (C=O) groups is 1. The fraction of sp³-hybridized carbons (Fsp3) is 0.533. The standard InChI is InChI=1S/C15H18F3NO4S/c1-14(2,3)19(13(20)21)12(9-23-24(19)22)8-10-4-6-11(7-5-10)15(16,17)18/h4-7,12H,8-9H2,1-3H3/p+1/t12-,19?,24?/m0/s1. The van der Waals surface area contributed by atoms with Crippen LogP contribution in [0.1, 0.15) is 31.9 Å². The molecular weight excluding hydrogens is 347 g/mol. The highest BCUT2D eigenvalue weighted by molar-refractivity contribution is 7.74. The van der Waals surface area contributed by atoms with Gasteiger partial charge in [0, 0.05) is 6.42 Å². The maximum atomic E-state index is 12.6. The van der Waals surface area contributed by atoms with Crippen LogP contribution >= 0.6 is 0 Å². The van der Waals surface area contributed by atoms with Crippen molar-refractivity contribution >= 4 is 17.4 Å². The van der Waals surface area contributed by atoms with Crippen LogP contribution in [0.2, 0.25) is 0 Å². The Morgan fingerprint density at radius 2 is 1.83 bits per heavy atom. The summed E-state index contributed by atoms with van der Waals surface area (Å²) in [6.07, 6.45) is -5.56. The Hall–Kier alpha value is -1.45. The van der Waals surface area contributed by atoms with Gasteiger partial charge >= 0.3 is 23.5 Å². The van der Waals surface area contributed by atoms with E-state index in [1.807, 2.05) is 0 Å². The van der Waals surface area contributed by atoms with Gasteiger partial charge < -0.3 is 5.11 Å². The third-order valence-corrected chi connectivity index (χ3v) is 5.95. The lowest BCUT2D eigenvalue weighted by Crippen LogP contribution is -2.66. The van der Waals surface area contributed by atoms with Crippen LogP contribution in [0.4, 0.5) is 18.0 Å². The largest absolute Gasteiger partial charge is 0.530 e. The summed E-state index contributed by atoms with van der Waals surface area (Å²) in [5, 5.41) is 9.72. The van der Waals surface area contributed by atoms with Crippen molar-refractivity contribution in [3.63, 3.8) is 0 Å². The Morgan fingerprint density at radius 3 is 2.25 bits per heavy atom. The molecule has 1 aliphatic heterocycles. The van der Waals surface area contributed by atoms with Crippen LogP contribution in [0, 0.1) is 0 Å². The second kappa shape index (κ2) is 6.12. The number of hydrogen-bond donors (Lipinski definition) is 1. The highest BCUT2D eigenvalue weighted by Crippen LogP contribution is 2.39. The molecule has 2 rings (SSSR count). The average Bonchev–Trinajstić information content (AvgIpc) is 2.75. The summed E-state index contributed by atoms with van der Waals surface area (Å²) in [5.41, 5.74) is -1.15. The van der Waals surface area contributed by atoms with E-state index in [-0.39, 0.29) is 13.0 Å². The number of amides is 1. The van der Waals surface area contributed by atoms with Crippen molar-refractivity contribution in [1.29, 1.82) is 0 Å². The van der Waals surface area contributed by atoms with Crippen LogP contribution in [0.15, 0.2) is 24.3 Å². The number of carboxylic acid groups (broad SMARTS) is 1. The van der Waals surface area contributed by atoms with Gasteiger partial charge in [0.25, 0.3) is 0 Å². The molecule has 0 aromatic heterocycles. The maximum absolute atomic E-state index is 12.6. The molecule has 5 nitrogen and oxygen atoms in total. The van der Waals surface area contributed by atoms with Crippen molar-refractivity contribution in [3.05, 3.63) is 35.4 Å². The van der Waals surface area contributed by atoms with E-state index in [4.69, 9.17) is 4.18 Å². The predicted octanol–water partition coefficient (Wildman–Crippen LogP) is 3.52. The van der Waals surface area contributed by atoms with Gasteiger partial charge in [-0.05, 0) is 38.5 Å². The van der Waals surface area contributed by atoms with Crippen LogP contribution in [0.5, 0.6) is 0 Å². The van der Waals surface area contributed by atoms with E-state index in [0.717, 1.165) is 12.1 Å². The lowest BCUT2D eigenvalue weighted by Gasteiger charge is -2.39. The van der Waals surface area contributed by atoms with E-state index in [0.29, 0.717) is 5.56 Å². The number of alkyl halides is 3. The number of nitrogens with zero attached hydrogens (tertiary/aromatic N) is 1. The van der Waals surface area contributed by atoms with Crippen molar-refractivity contribution in [2.45, 2.75) is 44.9 Å². The van der Waals surface area contributed by atoms with Crippen LogP contribution in [0.3, 0.4) is 0 Å². The summed E-state index contributed by atoms with van der Waals surface area (Å²) >= 11 is -2.08. The molecule has 9 heteroatoms. The van der Waals surface area contributed by atoms with Crippen molar-refractivity contribution in [2.75, 3.05) is 6.61 Å². The first-order valence-electron chi connectivity index (χ1n) is 7.25. The average molecular weight is 366 g/mol. The molecule has 0 spiro atoms. The molecule has 1 aromatic carbocycles. The van der Waals surface area contributed by atoms with E-state index in [2.05, 4.69) is 0 Å². The number of rotatable bonds is 2. The predicted molar refractivity (Wildman–Crippen MR) is 81.1 cm³/mol. The molecule has 1 amide bonds. The smallest absolute Gasteiger partial charge is 0.435 e. The molecule has 1 saturated heterocycles. The third kappa shape index (κ3) is 3.07. The topological polar surface area (TPSA) is 63.6 Å². The Bertz CT molecular complexity index is 654. The van der Waals surface area contributed by atoms with E-state index in [9.17, 15) is 27.3 Å². The van der Waals surface area contributed by atoms with Gasteiger partial charge in [0.1, 0.15) is 18.2 Å². The number of hydrogen-bond acceptors (Lipinski definition) is 3. The Morgan fingerprint density at radius 1 is 1.29 bits per heavy atom. The second-order valence-electron chi connectivity index (χ2n) is 6.67. The van der Waals surface area contributed by atoms with Crippen LogP contribution in [0.25, 0.3) is 0 Å². The molecule has 1 heterocycles. The molecule has 1 aliphatic rings. The van der Waals surface area contributed by atoms with E-state index >= 15 is 0 Å². The molecule has 1 aromatic rings. The fourth-order valence-corrected chi connectivity index (χ4v) is 4.41. The van der Waals surface area contributed by atoms with E-state index in [1.54, 1.807) is 20.8 Å². The minimum absolute atomic E-state index is 0.0444. The van der Waals surface area contributed by atoms with Gasteiger partial charge in [-0.3, -0.25) is 0 Å². The van der Waals surface area contributed by atoms with Gasteiger partial charge in [-0.25, -0.2) is 4.18 Å². The molecule has 1 fully saturated rings. The number of halogens is 3. The van der Waals surface area contributed by atoms with Crippen LogP contribution in [-0.4, -0.2) is 37.5 Å². The van der Waals surface area contributed by atoms with Crippen molar-refractivity contribution < 1.29 is 35.4 Å². The van der Waals surface area contributed by atoms with Gasteiger partial charge in [0.05, 0.1) is 5.56 Å². The normalized spacial score (nSPS) is 28.1. The summed E-state index contributed by atoms with van der Waals surface area (Å²) in [5.74, 6) is 0. The second-order valence-corrected chi connectivity index (χ2v) is 7.91. The Kier molecular flexibility index (Phi) is 4.82. The van der Waals surface area contributed by atoms with Gasteiger partial charge in [0.2, 0.25) is 0 Å². The minimum atomic E-state index is -4.43. The maximum Gasteiger partial charge on any atom is 0.530 e. The van der Waals surface area contributed by atoms with Crippen LogP contribution < -0.4 is 0 Å². The summed E-state index contributed by atoms with van der Waals surface area (Å²) in [4.78, 5) is 11.9. The summed E-state index contributed by atoms with van der Waals surface area (Å²) in [6, 6.07) is 3.86.